The largest absolute Gasteiger partial charge is 0.507 e. The van der Waals surface area contributed by atoms with Gasteiger partial charge in [0.15, 0.2) is 5.75 Å². The van der Waals surface area contributed by atoms with Crippen molar-refractivity contribution in [2.75, 3.05) is 38.7 Å². The molecule has 0 radical (unpaired) electrons. The first-order chi connectivity index (χ1) is 26.8. The summed E-state index contributed by atoms with van der Waals surface area (Å²) in [7, 11) is 1.44. The number of fused-ring (bicyclic) bond motifs is 14. The van der Waals surface area contributed by atoms with Crippen molar-refractivity contribution in [2.45, 2.75) is 92.1 Å². The van der Waals surface area contributed by atoms with E-state index < -0.39 is 88.8 Å². The first-order valence-electron chi connectivity index (χ1n) is 19.2. The Kier molecular flexibility index (Phi) is 13.3. The molecule has 6 rings (SSSR count). The molecule has 2 aromatic rings. The minimum atomic E-state index is -2.02. The number of benzene rings is 2. The number of ether oxygens (including phenoxy) is 5. The van der Waals surface area contributed by atoms with Gasteiger partial charge in [-0.1, -0.05) is 45.9 Å². The monoisotopic (exact) mass is 796 g/mol. The number of esters is 1. The van der Waals surface area contributed by atoms with Gasteiger partial charge in [0, 0.05) is 86.3 Å². The van der Waals surface area contributed by atoms with Gasteiger partial charge in [-0.15, -0.1) is 0 Å². The van der Waals surface area contributed by atoms with Crippen molar-refractivity contribution in [3.8, 4) is 23.0 Å². The number of nitrogens with one attached hydrogen (secondary N) is 1. The van der Waals surface area contributed by atoms with Gasteiger partial charge in [-0.3, -0.25) is 19.3 Å². The van der Waals surface area contributed by atoms with E-state index in [9.17, 15) is 39.9 Å². The van der Waals surface area contributed by atoms with Gasteiger partial charge in [0.25, 0.3) is 11.7 Å². The van der Waals surface area contributed by atoms with Crippen molar-refractivity contribution in [1.29, 1.82) is 0 Å². The van der Waals surface area contributed by atoms with E-state index in [0.29, 0.717) is 26.3 Å². The molecule has 1 fully saturated rings. The van der Waals surface area contributed by atoms with Crippen LogP contribution in [0.4, 0.5) is 5.69 Å². The van der Waals surface area contributed by atoms with Crippen LogP contribution in [-0.2, 0) is 35.1 Å². The van der Waals surface area contributed by atoms with Gasteiger partial charge in [0.05, 0.1) is 54.4 Å². The van der Waals surface area contributed by atoms with Crippen LogP contribution in [0, 0.1) is 30.6 Å². The number of amides is 1. The predicted molar refractivity (Wildman–Crippen MR) is 210 cm³/mol. The number of phenolic OH excluding ortho intramolecular Hbond substituents is 3. The van der Waals surface area contributed by atoms with Crippen LogP contribution in [0.1, 0.15) is 70.0 Å². The van der Waals surface area contributed by atoms with E-state index in [2.05, 4.69) is 5.32 Å². The lowest BCUT2D eigenvalue weighted by Crippen LogP contribution is -2.46. The number of Topliss-reactive ketones (excluding diaryl/α,β-unsaturated/α-hetero) is 1. The Balaban J connectivity index is 1.70. The molecule has 0 unspecified atom stereocenters. The predicted octanol–water partition coefficient (Wildman–Crippen LogP) is 4.59. The lowest BCUT2D eigenvalue weighted by Gasteiger charge is -2.38. The zero-order chi connectivity index (χ0) is 42.1. The number of anilines is 1. The molecule has 0 aromatic heterocycles. The molecule has 9 atom stereocenters. The first kappa shape index (κ1) is 43.5. The van der Waals surface area contributed by atoms with Crippen LogP contribution in [0.5, 0.6) is 23.0 Å². The number of aromatic hydroxyl groups is 3. The summed E-state index contributed by atoms with van der Waals surface area (Å²) in [4.78, 5) is 42.4. The van der Waals surface area contributed by atoms with Crippen LogP contribution < -0.4 is 10.1 Å². The quantitative estimate of drug-likeness (QED) is 0.142. The summed E-state index contributed by atoms with van der Waals surface area (Å²) in [6.45, 7) is 14.4. The molecule has 312 valence electrons. The Hall–Kier alpha value is -4.67. The van der Waals surface area contributed by atoms with E-state index in [1.807, 2.05) is 4.90 Å². The smallest absolute Gasteiger partial charge is 0.312 e. The van der Waals surface area contributed by atoms with E-state index >= 15 is 0 Å². The molecule has 15 heteroatoms. The topological polar surface area (TPSA) is 214 Å². The summed E-state index contributed by atoms with van der Waals surface area (Å²) in [6, 6.07) is 0. The van der Waals surface area contributed by atoms with Gasteiger partial charge in [0.1, 0.15) is 23.4 Å². The molecule has 2 aromatic carbocycles. The minimum Gasteiger partial charge on any atom is -0.507 e. The Labute approximate surface area is 332 Å². The fourth-order valence-corrected chi connectivity index (χ4v) is 7.92. The number of ketones is 1. The van der Waals surface area contributed by atoms with Gasteiger partial charge >= 0.3 is 11.8 Å². The molecule has 57 heavy (non-hydrogen) atoms. The van der Waals surface area contributed by atoms with Crippen LogP contribution in [-0.4, -0.2) is 112 Å². The number of rotatable bonds is 4. The van der Waals surface area contributed by atoms with E-state index in [0.717, 1.165) is 0 Å². The molecular weight excluding hydrogens is 740 g/mol. The first-order valence-corrected chi connectivity index (χ1v) is 19.2. The summed E-state index contributed by atoms with van der Waals surface area (Å²) in [5.74, 6) is -7.98. The van der Waals surface area contributed by atoms with Crippen LogP contribution in [0.15, 0.2) is 36.1 Å². The number of hydrogen-bond acceptors (Lipinski definition) is 14. The third-order valence-corrected chi connectivity index (χ3v) is 11.6. The lowest BCUT2D eigenvalue weighted by atomic mass is 9.78. The van der Waals surface area contributed by atoms with Gasteiger partial charge in [-0.25, -0.2) is 0 Å². The number of morpholine rings is 1. The molecule has 15 nitrogen and oxygen atoms in total. The maximum absolute atomic E-state index is 14.4. The molecule has 6 N–H and O–H groups in total. The molecule has 1 saturated heterocycles. The Morgan fingerprint density at radius 3 is 2.25 bits per heavy atom. The Morgan fingerprint density at radius 2 is 1.61 bits per heavy atom. The number of carbonyl (C=O) groups is 3. The van der Waals surface area contributed by atoms with Crippen molar-refractivity contribution in [3.05, 3.63) is 52.8 Å². The molecule has 5 bridgehead atoms. The van der Waals surface area contributed by atoms with Crippen LogP contribution >= 0.6 is 0 Å². The number of methoxy groups -OCH3 is 1. The van der Waals surface area contributed by atoms with Crippen LogP contribution in [0.3, 0.4) is 0 Å². The molecule has 4 aliphatic heterocycles. The Morgan fingerprint density at radius 1 is 0.947 bits per heavy atom. The van der Waals surface area contributed by atoms with Crippen molar-refractivity contribution in [1.82, 2.24) is 4.90 Å². The molecular formula is C42H56N2O13. The molecule has 4 aliphatic rings. The average molecular weight is 797 g/mol. The zero-order valence-corrected chi connectivity index (χ0v) is 34.0. The number of carbonyl (C=O) groups excluding carboxylic acids is 3. The van der Waals surface area contributed by atoms with E-state index in [4.69, 9.17) is 23.7 Å². The standard InChI is InChI=1S/C42H56N2O13/c1-20-11-10-12-21(2)41(52)43-32-27(19-44-14-17-54-18-15-44)36(49)29-30(37(32)50)35(48)25(6)39-31(29)40(51)42(8,57-39)55-16-13-28(53-9)22(3)38(56-26(7)45)24(5)34(47)23(4)33(20)46/h10-13,16,20,22-24,28,33-34,38,46-50H,14-15,17-19H2,1-9H3,(H,43,52)/b11-10+,16-13+,21-12-/t20-,22-,23+,24-,28-,33-,34+,38+,42-/m0/s1. The highest BCUT2D eigenvalue weighted by Gasteiger charge is 2.50. The summed E-state index contributed by atoms with van der Waals surface area (Å²) in [5, 5.41) is 60.7. The van der Waals surface area contributed by atoms with Gasteiger partial charge in [0.2, 0.25) is 0 Å². The number of allylic oxidation sites excluding steroid dienone is 2. The second-order valence-electron chi connectivity index (χ2n) is 15.6. The molecule has 1 amide bonds. The maximum atomic E-state index is 14.4. The fourth-order valence-electron chi connectivity index (χ4n) is 7.92. The minimum absolute atomic E-state index is 0.0366. The van der Waals surface area contributed by atoms with Crippen LogP contribution in [0.25, 0.3) is 10.8 Å². The summed E-state index contributed by atoms with van der Waals surface area (Å²) < 4.78 is 29.1. The van der Waals surface area contributed by atoms with Crippen LogP contribution in [0.2, 0.25) is 0 Å². The molecule has 4 heterocycles. The van der Waals surface area contributed by atoms with Crippen molar-refractivity contribution < 1.29 is 63.6 Å². The maximum Gasteiger partial charge on any atom is 0.312 e. The SMILES string of the molecule is CO[C@H]1/C=C/O[C@@]2(C)Oc3c(C)c(O)c4c(O)c(c(CN5CCOCC5)c(O)c4c3C2=O)NC(=O)/C(C)=C\C=C\[C@H](C)[C@H](O)[C@@H](C)[C@@H](O)[C@H](C)[C@H](OC(C)=O)[C@H]1C. The molecule has 0 spiro atoms. The fraction of sp³-hybridized carbons (Fsp3) is 0.548. The highest BCUT2D eigenvalue weighted by Crippen LogP contribution is 2.55. The third-order valence-electron chi connectivity index (χ3n) is 11.6. The molecule has 0 aliphatic carbocycles. The number of hydrogen-bond donors (Lipinski definition) is 6. The highest BCUT2D eigenvalue weighted by molar-refractivity contribution is 6.22. The van der Waals surface area contributed by atoms with E-state index in [1.165, 1.54) is 46.3 Å². The third kappa shape index (κ3) is 8.49. The van der Waals surface area contributed by atoms with Crippen molar-refractivity contribution in [2.24, 2.45) is 23.7 Å². The lowest BCUT2D eigenvalue weighted by molar-refractivity contribution is -0.160. The second kappa shape index (κ2) is 17.4. The number of phenols is 3. The molecule has 0 saturated carbocycles. The number of nitrogens with zero attached hydrogens (tertiary/aromatic N) is 1. The summed E-state index contributed by atoms with van der Waals surface area (Å²) in [6.07, 6.45) is 3.66. The number of aliphatic hydroxyl groups excluding tert-OH is 2. The van der Waals surface area contributed by atoms with Crippen molar-refractivity contribution >= 4 is 34.1 Å². The second-order valence-corrected chi connectivity index (χ2v) is 15.6. The van der Waals surface area contributed by atoms with Gasteiger partial charge in [-0.2, -0.15) is 0 Å². The van der Waals surface area contributed by atoms with Gasteiger partial charge < -0.3 is 54.5 Å². The van der Waals surface area contributed by atoms with E-state index in [-0.39, 0.29) is 51.0 Å². The van der Waals surface area contributed by atoms with Gasteiger partial charge in [-0.05, 0) is 19.9 Å². The zero-order valence-electron chi connectivity index (χ0n) is 34.0. The number of aliphatic hydroxyl groups is 2. The summed E-state index contributed by atoms with van der Waals surface area (Å²) in [5.41, 5.74) is 0.0787. The van der Waals surface area contributed by atoms with E-state index in [1.54, 1.807) is 46.8 Å². The summed E-state index contributed by atoms with van der Waals surface area (Å²) >= 11 is 0. The average Bonchev–Trinajstić information content (AvgIpc) is 3.44. The highest BCUT2D eigenvalue weighted by atomic mass is 16.7. The Bertz CT molecular complexity index is 1970. The normalized spacial score (nSPS) is 32.6. The van der Waals surface area contributed by atoms with Crippen molar-refractivity contribution in [3.63, 3.8) is 0 Å².